The van der Waals surface area contributed by atoms with Crippen molar-refractivity contribution in [2.24, 2.45) is 0 Å². The predicted octanol–water partition coefficient (Wildman–Crippen LogP) is 4.81. The van der Waals surface area contributed by atoms with E-state index in [1.165, 1.54) is 0 Å². The fourth-order valence-corrected chi connectivity index (χ4v) is 3.71. The summed E-state index contributed by atoms with van der Waals surface area (Å²) >= 11 is 1.62. The third kappa shape index (κ3) is 3.47. The minimum atomic E-state index is -0.229. The highest BCUT2D eigenvalue weighted by atomic mass is 32.1. The first-order valence-electron chi connectivity index (χ1n) is 8.35. The molecule has 134 valence electrons. The van der Waals surface area contributed by atoms with Crippen LogP contribution in [0.15, 0.2) is 66.7 Å². The number of fused-ring (bicyclic) bond motifs is 1. The van der Waals surface area contributed by atoms with E-state index in [9.17, 15) is 4.79 Å². The van der Waals surface area contributed by atoms with Crippen molar-refractivity contribution in [3.63, 3.8) is 0 Å². The highest BCUT2D eigenvalue weighted by molar-refractivity contribution is 7.21. The zero-order chi connectivity index (χ0) is 18.8. The van der Waals surface area contributed by atoms with Crippen LogP contribution in [0.5, 0.6) is 5.75 Å². The summed E-state index contributed by atoms with van der Waals surface area (Å²) in [5, 5.41) is 3.79. The van der Waals surface area contributed by atoms with Crippen molar-refractivity contribution in [1.29, 1.82) is 0 Å². The second kappa shape index (κ2) is 7.09. The molecule has 6 heteroatoms. The Labute approximate surface area is 160 Å². The number of nitrogens with zero attached hydrogens (tertiary/aromatic N) is 1. The number of hydrogen-bond donors (Lipinski definition) is 2. The maximum absolute atomic E-state index is 12.4. The SMILES string of the molecule is COc1ccc2sc(-c3ccc(NC(=O)c4ccccc4N)cc3)nc2c1. The molecule has 0 saturated heterocycles. The summed E-state index contributed by atoms with van der Waals surface area (Å²) < 4.78 is 6.35. The van der Waals surface area contributed by atoms with Crippen LogP contribution in [0.1, 0.15) is 10.4 Å². The summed E-state index contributed by atoms with van der Waals surface area (Å²) in [4.78, 5) is 17.0. The molecule has 4 aromatic rings. The van der Waals surface area contributed by atoms with Gasteiger partial charge in [-0.05, 0) is 48.5 Å². The number of nitrogens with two attached hydrogens (primary N) is 1. The van der Waals surface area contributed by atoms with Gasteiger partial charge in [0.1, 0.15) is 10.8 Å². The lowest BCUT2D eigenvalue weighted by atomic mass is 10.1. The van der Waals surface area contributed by atoms with Crippen molar-refractivity contribution in [2.45, 2.75) is 0 Å². The molecule has 3 N–H and O–H groups in total. The van der Waals surface area contributed by atoms with E-state index >= 15 is 0 Å². The van der Waals surface area contributed by atoms with Crippen molar-refractivity contribution >= 4 is 38.8 Å². The van der Waals surface area contributed by atoms with E-state index < -0.39 is 0 Å². The number of hydrogen-bond acceptors (Lipinski definition) is 5. The number of ether oxygens (including phenoxy) is 1. The van der Waals surface area contributed by atoms with E-state index in [0.29, 0.717) is 16.9 Å². The van der Waals surface area contributed by atoms with Crippen molar-refractivity contribution in [1.82, 2.24) is 4.98 Å². The van der Waals surface area contributed by atoms with Crippen LogP contribution >= 0.6 is 11.3 Å². The number of methoxy groups -OCH3 is 1. The Kier molecular flexibility index (Phi) is 4.48. The second-order valence-corrected chi connectivity index (χ2v) is 7.00. The quantitative estimate of drug-likeness (QED) is 0.502. The summed E-state index contributed by atoms with van der Waals surface area (Å²) in [6.45, 7) is 0. The minimum Gasteiger partial charge on any atom is -0.497 e. The van der Waals surface area contributed by atoms with Gasteiger partial charge in [0.05, 0.1) is 22.9 Å². The number of amides is 1. The molecule has 0 aliphatic rings. The number of para-hydroxylation sites is 1. The van der Waals surface area contributed by atoms with Crippen LogP contribution in [0.4, 0.5) is 11.4 Å². The van der Waals surface area contributed by atoms with Gasteiger partial charge >= 0.3 is 0 Å². The normalized spacial score (nSPS) is 10.7. The Morgan fingerprint density at radius 1 is 1.07 bits per heavy atom. The monoisotopic (exact) mass is 375 g/mol. The number of nitrogen functional groups attached to an aromatic ring is 1. The molecule has 4 rings (SSSR count). The van der Waals surface area contributed by atoms with E-state index in [1.54, 1.807) is 42.7 Å². The molecule has 3 aromatic carbocycles. The minimum absolute atomic E-state index is 0.229. The molecule has 1 aromatic heterocycles. The van der Waals surface area contributed by atoms with Gasteiger partial charge < -0.3 is 15.8 Å². The van der Waals surface area contributed by atoms with Crippen molar-refractivity contribution in [3.05, 3.63) is 72.3 Å². The summed E-state index contributed by atoms with van der Waals surface area (Å²) in [6, 6.07) is 20.5. The number of thiazole rings is 1. The molecular weight excluding hydrogens is 358 g/mol. The van der Waals surface area contributed by atoms with Crippen molar-refractivity contribution < 1.29 is 9.53 Å². The molecule has 0 aliphatic carbocycles. The summed E-state index contributed by atoms with van der Waals surface area (Å²) in [7, 11) is 1.64. The van der Waals surface area contributed by atoms with Gasteiger partial charge in [-0.2, -0.15) is 0 Å². The largest absolute Gasteiger partial charge is 0.497 e. The molecule has 1 heterocycles. The van der Waals surface area contributed by atoms with Crippen molar-refractivity contribution in [2.75, 3.05) is 18.2 Å². The molecule has 0 spiro atoms. The Bertz CT molecular complexity index is 1120. The number of carbonyl (C=O) groups excluding carboxylic acids is 1. The van der Waals surface area contributed by atoms with Gasteiger partial charge in [-0.25, -0.2) is 4.98 Å². The van der Waals surface area contributed by atoms with Crippen LogP contribution in [0, 0.1) is 0 Å². The molecule has 0 bridgehead atoms. The van der Waals surface area contributed by atoms with Gasteiger partial charge in [-0.15, -0.1) is 11.3 Å². The molecule has 0 aliphatic heterocycles. The molecule has 5 nitrogen and oxygen atoms in total. The lowest BCUT2D eigenvalue weighted by Crippen LogP contribution is -2.13. The molecule has 0 fully saturated rings. The van der Waals surface area contributed by atoms with E-state index in [2.05, 4.69) is 10.3 Å². The number of anilines is 2. The molecular formula is C21H17N3O2S. The van der Waals surface area contributed by atoms with Gasteiger partial charge in [0.2, 0.25) is 0 Å². The topological polar surface area (TPSA) is 77.2 Å². The molecule has 1 amide bonds. The van der Waals surface area contributed by atoms with Crippen LogP contribution in [0.3, 0.4) is 0 Å². The molecule has 0 saturated carbocycles. The van der Waals surface area contributed by atoms with Crippen LogP contribution in [-0.2, 0) is 0 Å². The van der Waals surface area contributed by atoms with Crippen LogP contribution in [0.2, 0.25) is 0 Å². The zero-order valence-electron chi connectivity index (χ0n) is 14.6. The van der Waals surface area contributed by atoms with Crippen LogP contribution in [-0.4, -0.2) is 18.0 Å². The number of rotatable bonds is 4. The van der Waals surface area contributed by atoms with E-state index in [0.717, 1.165) is 26.5 Å². The van der Waals surface area contributed by atoms with Gasteiger partial charge in [-0.3, -0.25) is 4.79 Å². The van der Waals surface area contributed by atoms with Crippen LogP contribution < -0.4 is 15.8 Å². The average Bonchev–Trinajstić information content (AvgIpc) is 3.12. The first-order chi connectivity index (χ1) is 13.1. The Morgan fingerprint density at radius 2 is 1.85 bits per heavy atom. The first kappa shape index (κ1) is 17.1. The number of carbonyl (C=O) groups is 1. The van der Waals surface area contributed by atoms with E-state index in [4.69, 9.17) is 10.5 Å². The fourth-order valence-electron chi connectivity index (χ4n) is 2.76. The maximum atomic E-state index is 12.4. The Hall–Kier alpha value is -3.38. The lowest BCUT2D eigenvalue weighted by Gasteiger charge is -2.07. The maximum Gasteiger partial charge on any atom is 0.257 e. The Morgan fingerprint density at radius 3 is 2.59 bits per heavy atom. The Balaban J connectivity index is 1.55. The number of aromatic nitrogens is 1. The second-order valence-electron chi connectivity index (χ2n) is 5.97. The van der Waals surface area contributed by atoms with E-state index in [1.807, 2.05) is 42.5 Å². The molecule has 0 unspecified atom stereocenters. The first-order valence-corrected chi connectivity index (χ1v) is 9.16. The average molecular weight is 375 g/mol. The van der Waals surface area contributed by atoms with Gasteiger partial charge in [0.15, 0.2) is 0 Å². The van der Waals surface area contributed by atoms with Gasteiger partial charge in [-0.1, -0.05) is 12.1 Å². The summed E-state index contributed by atoms with van der Waals surface area (Å²) in [5.41, 5.74) is 9.38. The standard InChI is InChI=1S/C21H17N3O2S/c1-26-15-10-11-19-18(12-15)24-21(27-19)13-6-8-14(9-7-13)23-20(25)16-4-2-3-5-17(16)22/h2-12H,22H2,1H3,(H,23,25). The lowest BCUT2D eigenvalue weighted by molar-refractivity contribution is 0.102. The summed E-state index contributed by atoms with van der Waals surface area (Å²) in [6.07, 6.45) is 0. The molecule has 27 heavy (non-hydrogen) atoms. The zero-order valence-corrected chi connectivity index (χ0v) is 15.4. The highest BCUT2D eigenvalue weighted by Crippen LogP contribution is 2.32. The van der Waals surface area contributed by atoms with E-state index in [-0.39, 0.29) is 5.91 Å². The third-order valence-corrected chi connectivity index (χ3v) is 5.28. The highest BCUT2D eigenvalue weighted by Gasteiger charge is 2.10. The van der Waals surface area contributed by atoms with Gasteiger partial charge in [0, 0.05) is 23.0 Å². The molecule has 0 atom stereocenters. The smallest absolute Gasteiger partial charge is 0.257 e. The summed E-state index contributed by atoms with van der Waals surface area (Å²) in [5.74, 6) is 0.561. The third-order valence-electron chi connectivity index (χ3n) is 4.19. The number of nitrogens with one attached hydrogen (secondary N) is 1. The number of benzene rings is 3. The molecule has 0 radical (unpaired) electrons. The van der Waals surface area contributed by atoms with Crippen LogP contribution in [0.25, 0.3) is 20.8 Å². The fraction of sp³-hybridized carbons (Fsp3) is 0.0476. The predicted molar refractivity (Wildman–Crippen MR) is 110 cm³/mol. The van der Waals surface area contributed by atoms with Gasteiger partial charge in [0.25, 0.3) is 5.91 Å². The van der Waals surface area contributed by atoms with Crippen molar-refractivity contribution in [3.8, 4) is 16.3 Å².